The van der Waals surface area contributed by atoms with Crippen LogP contribution in [0, 0.1) is 0 Å². The van der Waals surface area contributed by atoms with Gasteiger partial charge in [-0.15, -0.1) is 0 Å². The van der Waals surface area contributed by atoms with E-state index in [1.54, 1.807) is 0 Å². The molecule has 0 aromatic carbocycles. The van der Waals surface area contributed by atoms with Crippen LogP contribution in [0.15, 0.2) is 35.5 Å². The van der Waals surface area contributed by atoms with Gasteiger partial charge >= 0.3 is 0 Å². The molecule has 0 amide bonds. The van der Waals surface area contributed by atoms with E-state index in [1.165, 1.54) is 11.1 Å². The highest BCUT2D eigenvalue weighted by Gasteiger charge is 2.49. The van der Waals surface area contributed by atoms with E-state index < -0.39 is 0 Å². The Morgan fingerprint density at radius 2 is 1.94 bits per heavy atom. The molecule has 2 nitrogen and oxygen atoms in total. The zero-order valence-corrected chi connectivity index (χ0v) is 10.5. The SMILES string of the molecule is C/C=C\C1=C(/C=C\C)C2(CN(CC)C2)OC1. The van der Waals surface area contributed by atoms with Gasteiger partial charge in [-0.05, 0) is 31.5 Å². The van der Waals surface area contributed by atoms with Gasteiger partial charge in [0.25, 0.3) is 0 Å². The minimum Gasteiger partial charge on any atom is -0.363 e. The molecule has 1 saturated heterocycles. The molecule has 88 valence electrons. The van der Waals surface area contributed by atoms with Crippen molar-refractivity contribution in [1.29, 1.82) is 0 Å². The third-order valence-electron chi connectivity index (χ3n) is 3.45. The minimum absolute atomic E-state index is 0.00262. The first-order valence-corrected chi connectivity index (χ1v) is 6.11. The monoisotopic (exact) mass is 219 g/mol. The lowest BCUT2D eigenvalue weighted by molar-refractivity contribution is -0.0933. The van der Waals surface area contributed by atoms with Crippen molar-refractivity contribution in [1.82, 2.24) is 4.90 Å². The molecular formula is C14H21NO. The summed E-state index contributed by atoms with van der Waals surface area (Å²) in [6, 6.07) is 0. The second kappa shape index (κ2) is 4.56. The fourth-order valence-electron chi connectivity index (χ4n) is 2.59. The third-order valence-corrected chi connectivity index (χ3v) is 3.45. The lowest BCUT2D eigenvalue weighted by Crippen LogP contribution is -2.62. The first-order valence-electron chi connectivity index (χ1n) is 6.11. The summed E-state index contributed by atoms with van der Waals surface area (Å²) in [4.78, 5) is 2.42. The van der Waals surface area contributed by atoms with Gasteiger partial charge in [0.2, 0.25) is 0 Å². The number of likely N-dealkylation sites (tertiary alicyclic amines) is 1. The second-order valence-electron chi connectivity index (χ2n) is 4.53. The fourth-order valence-corrected chi connectivity index (χ4v) is 2.59. The Labute approximate surface area is 98.3 Å². The van der Waals surface area contributed by atoms with E-state index in [1.807, 2.05) is 0 Å². The molecule has 2 heterocycles. The lowest BCUT2D eigenvalue weighted by Gasteiger charge is -2.48. The van der Waals surface area contributed by atoms with Crippen LogP contribution in [0.3, 0.4) is 0 Å². The fraction of sp³-hybridized carbons (Fsp3) is 0.571. The average Bonchev–Trinajstić information content (AvgIpc) is 2.57. The Morgan fingerprint density at radius 1 is 1.25 bits per heavy atom. The number of allylic oxidation sites excluding steroid dienone is 2. The molecular weight excluding hydrogens is 198 g/mol. The molecule has 2 aliphatic heterocycles. The highest BCUT2D eigenvalue weighted by atomic mass is 16.5. The van der Waals surface area contributed by atoms with Crippen molar-refractivity contribution in [3.8, 4) is 0 Å². The highest BCUT2D eigenvalue weighted by Crippen LogP contribution is 2.40. The Morgan fingerprint density at radius 3 is 2.50 bits per heavy atom. The highest BCUT2D eigenvalue weighted by molar-refractivity contribution is 5.46. The zero-order chi connectivity index (χ0) is 11.6. The molecule has 0 N–H and O–H groups in total. The zero-order valence-electron chi connectivity index (χ0n) is 10.5. The van der Waals surface area contributed by atoms with Gasteiger partial charge in [-0.25, -0.2) is 0 Å². The topological polar surface area (TPSA) is 12.5 Å². The van der Waals surface area contributed by atoms with E-state index in [0.717, 1.165) is 26.2 Å². The van der Waals surface area contributed by atoms with Crippen LogP contribution < -0.4 is 0 Å². The number of hydrogen-bond donors (Lipinski definition) is 0. The first-order chi connectivity index (χ1) is 7.75. The van der Waals surface area contributed by atoms with Gasteiger partial charge in [-0.1, -0.05) is 31.2 Å². The Hall–Kier alpha value is -0.860. The van der Waals surface area contributed by atoms with E-state index in [0.29, 0.717) is 0 Å². The maximum Gasteiger partial charge on any atom is 0.119 e. The Balaban J connectivity index is 2.23. The number of ether oxygens (including phenoxy) is 1. The van der Waals surface area contributed by atoms with E-state index in [4.69, 9.17) is 4.74 Å². The van der Waals surface area contributed by atoms with Crippen molar-refractivity contribution in [2.75, 3.05) is 26.2 Å². The summed E-state index contributed by atoms with van der Waals surface area (Å²) >= 11 is 0. The van der Waals surface area contributed by atoms with Crippen LogP contribution in [0.2, 0.25) is 0 Å². The van der Waals surface area contributed by atoms with Gasteiger partial charge in [0.15, 0.2) is 0 Å². The summed E-state index contributed by atoms with van der Waals surface area (Å²) in [6.45, 7) is 10.3. The molecule has 2 rings (SSSR count). The maximum absolute atomic E-state index is 6.02. The van der Waals surface area contributed by atoms with E-state index in [2.05, 4.69) is 50.0 Å². The quantitative estimate of drug-likeness (QED) is 0.723. The molecule has 2 heteroatoms. The van der Waals surface area contributed by atoms with Crippen molar-refractivity contribution >= 4 is 0 Å². The lowest BCUT2D eigenvalue weighted by atomic mass is 9.84. The van der Waals surface area contributed by atoms with Crippen molar-refractivity contribution in [3.63, 3.8) is 0 Å². The molecule has 1 fully saturated rings. The predicted octanol–water partition coefficient (Wildman–Crippen LogP) is 2.54. The van der Waals surface area contributed by atoms with Gasteiger partial charge in [0.1, 0.15) is 5.60 Å². The van der Waals surface area contributed by atoms with Gasteiger partial charge < -0.3 is 4.74 Å². The van der Waals surface area contributed by atoms with Crippen LogP contribution in [-0.2, 0) is 4.74 Å². The van der Waals surface area contributed by atoms with Crippen LogP contribution in [-0.4, -0.2) is 36.7 Å². The molecule has 0 aromatic rings. The molecule has 0 aliphatic carbocycles. The largest absolute Gasteiger partial charge is 0.363 e. The van der Waals surface area contributed by atoms with Crippen LogP contribution >= 0.6 is 0 Å². The van der Waals surface area contributed by atoms with Gasteiger partial charge in [0.05, 0.1) is 6.61 Å². The third kappa shape index (κ3) is 1.76. The van der Waals surface area contributed by atoms with E-state index in [-0.39, 0.29) is 5.60 Å². The second-order valence-corrected chi connectivity index (χ2v) is 4.53. The smallest absolute Gasteiger partial charge is 0.119 e. The Kier molecular flexibility index (Phi) is 3.31. The molecule has 0 bridgehead atoms. The standard InChI is InChI=1S/C14H21NO/c1-4-7-12-9-16-14(13(12)8-5-2)10-15(6-3)11-14/h4-5,7-8H,6,9-11H2,1-3H3/b7-4-,8-5-. The van der Waals surface area contributed by atoms with Crippen molar-refractivity contribution < 1.29 is 4.74 Å². The molecule has 0 saturated carbocycles. The number of likely N-dealkylation sites (N-methyl/N-ethyl adjacent to an activating group) is 1. The van der Waals surface area contributed by atoms with Crippen molar-refractivity contribution in [2.45, 2.75) is 26.4 Å². The van der Waals surface area contributed by atoms with E-state index >= 15 is 0 Å². The average molecular weight is 219 g/mol. The summed E-state index contributed by atoms with van der Waals surface area (Å²) in [6.07, 6.45) is 8.61. The first kappa shape index (κ1) is 11.6. The molecule has 0 aromatic heterocycles. The molecule has 0 radical (unpaired) electrons. The molecule has 0 unspecified atom stereocenters. The number of hydrogen-bond acceptors (Lipinski definition) is 2. The minimum atomic E-state index is -0.00262. The Bertz CT molecular complexity index is 346. The molecule has 16 heavy (non-hydrogen) atoms. The van der Waals surface area contributed by atoms with Gasteiger partial charge in [-0.3, -0.25) is 4.90 Å². The van der Waals surface area contributed by atoms with E-state index in [9.17, 15) is 0 Å². The van der Waals surface area contributed by atoms with Crippen molar-refractivity contribution in [3.05, 3.63) is 35.5 Å². The van der Waals surface area contributed by atoms with Crippen LogP contribution in [0.25, 0.3) is 0 Å². The summed E-state index contributed by atoms with van der Waals surface area (Å²) in [5.41, 5.74) is 2.73. The molecule has 0 atom stereocenters. The normalized spacial score (nSPS) is 25.2. The summed E-state index contributed by atoms with van der Waals surface area (Å²) in [7, 11) is 0. The van der Waals surface area contributed by atoms with Crippen LogP contribution in [0.1, 0.15) is 20.8 Å². The molecule has 2 aliphatic rings. The van der Waals surface area contributed by atoms with Gasteiger partial charge in [0, 0.05) is 13.1 Å². The predicted molar refractivity (Wildman–Crippen MR) is 67.5 cm³/mol. The summed E-state index contributed by atoms with van der Waals surface area (Å²) in [5, 5.41) is 0. The van der Waals surface area contributed by atoms with Crippen molar-refractivity contribution in [2.24, 2.45) is 0 Å². The maximum atomic E-state index is 6.02. The van der Waals surface area contributed by atoms with Crippen LogP contribution in [0.5, 0.6) is 0 Å². The number of nitrogens with zero attached hydrogens (tertiary/aromatic N) is 1. The van der Waals surface area contributed by atoms with Crippen LogP contribution in [0.4, 0.5) is 0 Å². The summed E-state index contributed by atoms with van der Waals surface area (Å²) < 4.78 is 6.02. The van der Waals surface area contributed by atoms with Gasteiger partial charge in [-0.2, -0.15) is 0 Å². The molecule has 1 spiro atoms. The summed E-state index contributed by atoms with van der Waals surface area (Å²) in [5.74, 6) is 0. The number of rotatable bonds is 3.